The van der Waals surface area contributed by atoms with Crippen molar-refractivity contribution in [1.29, 1.82) is 0 Å². The highest BCUT2D eigenvalue weighted by molar-refractivity contribution is 6.35. The number of aromatic nitrogens is 2. The number of nitrogens with two attached hydrogens (primary N) is 2. The van der Waals surface area contributed by atoms with Gasteiger partial charge in [-0.05, 0) is 24.3 Å². The zero-order valence-electron chi connectivity index (χ0n) is 11.1. The van der Waals surface area contributed by atoms with E-state index in [1.54, 1.807) is 12.3 Å². The second-order valence-corrected chi connectivity index (χ2v) is 4.46. The SMILES string of the molecule is [B]c1nc(Nc2ccc(-c3cnco3)cc2)cc(N)c1N. The number of anilines is 4. The van der Waals surface area contributed by atoms with E-state index in [-0.39, 0.29) is 5.59 Å². The molecule has 2 radical (unpaired) electrons. The fourth-order valence-corrected chi connectivity index (χ4v) is 1.88. The third-order valence-electron chi connectivity index (χ3n) is 2.99. The Bertz CT molecular complexity index is 733. The van der Waals surface area contributed by atoms with E-state index in [9.17, 15) is 0 Å². The second kappa shape index (κ2) is 5.20. The highest BCUT2D eigenvalue weighted by Crippen LogP contribution is 2.23. The van der Waals surface area contributed by atoms with Gasteiger partial charge in [0.1, 0.15) is 13.7 Å². The number of benzene rings is 1. The minimum absolute atomic E-state index is 0.204. The largest absolute Gasteiger partial charge is 0.444 e. The lowest BCUT2D eigenvalue weighted by Crippen LogP contribution is -2.17. The van der Waals surface area contributed by atoms with Gasteiger partial charge in [0, 0.05) is 22.9 Å². The number of nitrogens with zero attached hydrogens (tertiary/aromatic N) is 2. The summed E-state index contributed by atoms with van der Waals surface area (Å²) in [6.45, 7) is 0. The summed E-state index contributed by atoms with van der Waals surface area (Å²) in [5.41, 5.74) is 14.1. The molecule has 2 aromatic heterocycles. The van der Waals surface area contributed by atoms with Crippen LogP contribution in [0.25, 0.3) is 11.3 Å². The summed E-state index contributed by atoms with van der Waals surface area (Å²) in [7, 11) is 5.69. The molecule has 7 heteroatoms. The third-order valence-corrected chi connectivity index (χ3v) is 2.99. The Hall–Kier alpha value is -2.96. The average molecular weight is 277 g/mol. The molecule has 2 heterocycles. The molecule has 6 nitrogen and oxygen atoms in total. The Kier molecular flexibility index (Phi) is 3.23. The van der Waals surface area contributed by atoms with Crippen LogP contribution >= 0.6 is 0 Å². The van der Waals surface area contributed by atoms with Gasteiger partial charge in [-0.15, -0.1) is 0 Å². The lowest BCUT2D eigenvalue weighted by atomic mass is 10.0. The summed E-state index contributed by atoms with van der Waals surface area (Å²) in [5.74, 6) is 1.24. The molecule has 0 atom stereocenters. The fourth-order valence-electron chi connectivity index (χ4n) is 1.88. The predicted molar refractivity (Wildman–Crippen MR) is 83.7 cm³/mol. The predicted octanol–water partition coefficient (Wildman–Crippen LogP) is 1.44. The molecule has 0 fully saturated rings. The number of pyridine rings is 1. The lowest BCUT2D eigenvalue weighted by Gasteiger charge is -2.10. The van der Waals surface area contributed by atoms with Crippen LogP contribution in [0.3, 0.4) is 0 Å². The molecule has 3 rings (SSSR count). The van der Waals surface area contributed by atoms with Gasteiger partial charge in [-0.1, -0.05) is 0 Å². The van der Waals surface area contributed by atoms with Crippen molar-refractivity contribution in [2.24, 2.45) is 0 Å². The molecule has 0 aliphatic carbocycles. The van der Waals surface area contributed by atoms with Crippen molar-refractivity contribution in [3.05, 3.63) is 42.9 Å². The van der Waals surface area contributed by atoms with E-state index in [0.29, 0.717) is 23.0 Å². The van der Waals surface area contributed by atoms with Gasteiger partial charge in [0.05, 0.1) is 17.6 Å². The molecule has 1 aromatic carbocycles. The van der Waals surface area contributed by atoms with Gasteiger partial charge in [0.25, 0.3) is 0 Å². The Morgan fingerprint density at radius 1 is 1.14 bits per heavy atom. The zero-order valence-corrected chi connectivity index (χ0v) is 11.1. The Balaban J connectivity index is 1.82. The number of hydrogen-bond donors (Lipinski definition) is 3. The van der Waals surface area contributed by atoms with E-state index in [0.717, 1.165) is 11.3 Å². The first-order valence-electron chi connectivity index (χ1n) is 6.21. The van der Waals surface area contributed by atoms with Crippen molar-refractivity contribution in [2.45, 2.75) is 0 Å². The van der Waals surface area contributed by atoms with E-state index in [2.05, 4.69) is 15.3 Å². The molecule has 0 spiro atoms. The first-order chi connectivity index (χ1) is 10.1. The van der Waals surface area contributed by atoms with E-state index in [1.165, 1.54) is 6.39 Å². The minimum Gasteiger partial charge on any atom is -0.444 e. The van der Waals surface area contributed by atoms with Crippen LogP contribution in [-0.2, 0) is 0 Å². The summed E-state index contributed by atoms with van der Waals surface area (Å²) >= 11 is 0. The van der Waals surface area contributed by atoms with Gasteiger partial charge < -0.3 is 21.2 Å². The summed E-state index contributed by atoms with van der Waals surface area (Å²) in [6, 6.07) is 9.24. The van der Waals surface area contributed by atoms with Crippen LogP contribution in [0.15, 0.2) is 47.3 Å². The molecule has 0 aliphatic heterocycles. The van der Waals surface area contributed by atoms with E-state index in [1.807, 2.05) is 24.3 Å². The Morgan fingerprint density at radius 2 is 1.90 bits per heavy atom. The highest BCUT2D eigenvalue weighted by Gasteiger charge is 2.05. The molecule has 0 unspecified atom stereocenters. The monoisotopic (exact) mass is 277 g/mol. The van der Waals surface area contributed by atoms with Gasteiger partial charge >= 0.3 is 0 Å². The van der Waals surface area contributed by atoms with Gasteiger partial charge in [-0.2, -0.15) is 0 Å². The maximum absolute atomic E-state index is 5.76. The van der Waals surface area contributed by atoms with Crippen LogP contribution in [0.4, 0.5) is 22.9 Å². The minimum atomic E-state index is 0.204. The maximum Gasteiger partial charge on any atom is 0.181 e. The highest BCUT2D eigenvalue weighted by atomic mass is 16.3. The molecule has 3 aromatic rings. The van der Waals surface area contributed by atoms with Crippen molar-refractivity contribution >= 4 is 36.3 Å². The first-order valence-corrected chi connectivity index (χ1v) is 6.21. The van der Waals surface area contributed by atoms with Crippen LogP contribution in [0.2, 0.25) is 0 Å². The first kappa shape index (κ1) is 13.0. The van der Waals surface area contributed by atoms with Crippen molar-refractivity contribution < 1.29 is 4.42 Å². The quantitative estimate of drug-likeness (QED) is 0.626. The summed E-state index contributed by atoms with van der Waals surface area (Å²) in [4.78, 5) is 8.02. The van der Waals surface area contributed by atoms with Crippen molar-refractivity contribution in [3.63, 3.8) is 0 Å². The summed E-state index contributed by atoms with van der Waals surface area (Å²) < 4.78 is 5.23. The van der Waals surface area contributed by atoms with E-state index in [4.69, 9.17) is 23.7 Å². The topological polar surface area (TPSA) is 103 Å². The number of hydrogen-bond acceptors (Lipinski definition) is 6. The van der Waals surface area contributed by atoms with Gasteiger partial charge in [0.15, 0.2) is 12.2 Å². The zero-order chi connectivity index (χ0) is 14.8. The number of nitrogens with one attached hydrogen (secondary N) is 1. The molecule has 0 saturated heterocycles. The molecule has 0 bridgehead atoms. The summed E-state index contributed by atoms with van der Waals surface area (Å²) in [6.07, 6.45) is 3.05. The Morgan fingerprint density at radius 3 is 2.52 bits per heavy atom. The molecular formula is C14H12BN5O. The smallest absolute Gasteiger partial charge is 0.181 e. The lowest BCUT2D eigenvalue weighted by molar-refractivity contribution is 0.572. The third kappa shape index (κ3) is 2.67. The van der Waals surface area contributed by atoms with Crippen LogP contribution in [0.5, 0.6) is 0 Å². The molecule has 0 saturated carbocycles. The fraction of sp³-hybridized carbons (Fsp3) is 0. The average Bonchev–Trinajstić information content (AvgIpc) is 3.00. The van der Waals surface area contributed by atoms with Gasteiger partial charge in [0.2, 0.25) is 0 Å². The van der Waals surface area contributed by atoms with Crippen LogP contribution < -0.4 is 22.4 Å². The van der Waals surface area contributed by atoms with Crippen molar-refractivity contribution in [3.8, 4) is 11.3 Å². The molecule has 5 N–H and O–H groups in total. The standard InChI is InChI=1S/C14H12BN5O/c15-14-13(17)10(16)5-12(20-14)19-9-3-1-8(2-4-9)11-6-18-7-21-11/h1-7H,17H2,(H3,16,19,20). The van der Waals surface area contributed by atoms with Gasteiger partial charge in [-0.25, -0.2) is 9.97 Å². The normalized spacial score (nSPS) is 10.5. The van der Waals surface area contributed by atoms with Crippen molar-refractivity contribution in [1.82, 2.24) is 9.97 Å². The molecule has 102 valence electrons. The number of rotatable bonds is 3. The van der Waals surface area contributed by atoms with E-state index >= 15 is 0 Å². The Labute approximate surface area is 122 Å². The van der Waals surface area contributed by atoms with Crippen LogP contribution in [0.1, 0.15) is 0 Å². The van der Waals surface area contributed by atoms with Gasteiger partial charge in [-0.3, -0.25) is 0 Å². The maximum atomic E-state index is 5.76. The van der Waals surface area contributed by atoms with Crippen molar-refractivity contribution in [2.75, 3.05) is 16.8 Å². The molecular weight excluding hydrogens is 265 g/mol. The van der Waals surface area contributed by atoms with E-state index < -0.39 is 0 Å². The van der Waals surface area contributed by atoms with Crippen LogP contribution in [0, 0.1) is 0 Å². The molecule has 0 amide bonds. The number of oxazole rings is 1. The molecule has 0 aliphatic rings. The summed E-state index contributed by atoms with van der Waals surface area (Å²) in [5, 5.41) is 3.11. The second-order valence-electron chi connectivity index (χ2n) is 4.46. The molecule has 21 heavy (non-hydrogen) atoms. The van der Waals surface area contributed by atoms with Crippen LogP contribution in [-0.4, -0.2) is 17.8 Å². The number of nitrogen functional groups attached to an aromatic ring is 2.